The lowest BCUT2D eigenvalue weighted by molar-refractivity contribution is 0.597. The third-order valence-corrected chi connectivity index (χ3v) is 5.64. The van der Waals surface area contributed by atoms with Gasteiger partial charge in [-0.2, -0.15) is 10.5 Å². The first-order chi connectivity index (χ1) is 13.5. The molecule has 0 saturated heterocycles. The molecule has 0 heterocycles. The fourth-order valence-corrected chi connectivity index (χ4v) is 3.96. The number of nitriles is 2. The zero-order chi connectivity index (χ0) is 20.1. The van der Waals surface area contributed by atoms with Crippen LogP contribution in [0, 0.1) is 28.5 Å². The predicted octanol–water partition coefficient (Wildman–Crippen LogP) is 6.64. The van der Waals surface area contributed by atoms with Gasteiger partial charge in [0.05, 0.1) is 21.2 Å². The van der Waals surface area contributed by atoms with Crippen LogP contribution < -0.4 is 5.32 Å². The summed E-state index contributed by atoms with van der Waals surface area (Å²) in [6.45, 7) is 0.425. The first kappa shape index (κ1) is 20.0. The molecule has 0 aliphatic carbocycles. The van der Waals surface area contributed by atoms with Crippen LogP contribution >= 0.6 is 35.0 Å². The van der Waals surface area contributed by atoms with E-state index in [0.717, 1.165) is 17.3 Å². The van der Waals surface area contributed by atoms with E-state index in [1.807, 2.05) is 36.4 Å². The molecule has 28 heavy (non-hydrogen) atoms. The highest BCUT2D eigenvalue weighted by molar-refractivity contribution is 7.99. The van der Waals surface area contributed by atoms with Crippen molar-refractivity contribution in [3.05, 3.63) is 87.2 Å². The van der Waals surface area contributed by atoms with Crippen LogP contribution in [0.15, 0.2) is 64.4 Å². The van der Waals surface area contributed by atoms with Crippen molar-refractivity contribution in [1.82, 2.24) is 0 Å². The Morgan fingerprint density at radius 2 is 1.64 bits per heavy atom. The zero-order valence-corrected chi connectivity index (χ0v) is 16.7. The first-order valence-electron chi connectivity index (χ1n) is 8.11. The lowest BCUT2D eigenvalue weighted by atomic mass is 10.1. The molecule has 0 bridgehead atoms. The number of nitrogens with zero attached hydrogens (tertiary/aromatic N) is 2. The van der Waals surface area contributed by atoms with E-state index in [0.29, 0.717) is 27.2 Å². The molecule has 0 radical (unpaired) electrons. The molecular formula is C21H12Cl2FN3S. The number of rotatable bonds is 5. The molecule has 0 saturated carbocycles. The van der Waals surface area contributed by atoms with E-state index >= 15 is 0 Å². The van der Waals surface area contributed by atoms with Gasteiger partial charge in [-0.25, -0.2) is 4.39 Å². The highest BCUT2D eigenvalue weighted by atomic mass is 35.5. The molecular weight excluding hydrogens is 416 g/mol. The summed E-state index contributed by atoms with van der Waals surface area (Å²) in [5.74, 6) is -0.759. The molecule has 3 aromatic rings. The number of benzene rings is 3. The van der Waals surface area contributed by atoms with E-state index in [-0.39, 0.29) is 16.0 Å². The second kappa shape index (κ2) is 8.99. The summed E-state index contributed by atoms with van der Waals surface area (Å²) in [5, 5.41) is 22.9. The SMILES string of the molecule is N#Cc1c(NCc2ccccc2)cc(Sc2cc(Cl)ccc2Cl)c(F)c1C#N. The molecule has 1 N–H and O–H groups in total. The average Bonchev–Trinajstić information content (AvgIpc) is 2.71. The second-order valence-corrected chi connectivity index (χ2v) is 7.65. The molecule has 0 fully saturated rings. The van der Waals surface area contributed by atoms with Crippen LogP contribution in [0.2, 0.25) is 10.0 Å². The van der Waals surface area contributed by atoms with Crippen molar-refractivity contribution >= 4 is 40.7 Å². The van der Waals surface area contributed by atoms with E-state index in [4.69, 9.17) is 23.2 Å². The van der Waals surface area contributed by atoms with Gasteiger partial charge >= 0.3 is 0 Å². The summed E-state index contributed by atoms with van der Waals surface area (Å²) in [6, 6.07) is 19.7. The van der Waals surface area contributed by atoms with Gasteiger partial charge in [-0.3, -0.25) is 0 Å². The lowest BCUT2D eigenvalue weighted by Crippen LogP contribution is -2.05. The van der Waals surface area contributed by atoms with Crippen LogP contribution in [-0.4, -0.2) is 0 Å². The summed E-state index contributed by atoms with van der Waals surface area (Å²) < 4.78 is 14.9. The summed E-state index contributed by atoms with van der Waals surface area (Å²) in [6.07, 6.45) is 0. The van der Waals surface area contributed by atoms with Crippen LogP contribution in [-0.2, 0) is 6.54 Å². The van der Waals surface area contributed by atoms with Crippen LogP contribution in [0.5, 0.6) is 0 Å². The minimum atomic E-state index is -0.759. The van der Waals surface area contributed by atoms with Crippen LogP contribution in [0.25, 0.3) is 0 Å². The van der Waals surface area contributed by atoms with E-state index < -0.39 is 5.82 Å². The number of hydrogen-bond donors (Lipinski definition) is 1. The van der Waals surface area contributed by atoms with E-state index in [1.165, 1.54) is 6.07 Å². The minimum absolute atomic E-state index is 0.0301. The lowest BCUT2D eigenvalue weighted by Gasteiger charge is -2.14. The number of nitrogens with one attached hydrogen (secondary N) is 1. The molecule has 0 spiro atoms. The van der Waals surface area contributed by atoms with E-state index in [2.05, 4.69) is 5.32 Å². The van der Waals surface area contributed by atoms with Gasteiger partial charge in [-0.1, -0.05) is 65.3 Å². The van der Waals surface area contributed by atoms with Gasteiger partial charge in [0.25, 0.3) is 0 Å². The molecule has 3 rings (SSSR count). The third-order valence-electron chi connectivity index (χ3n) is 3.89. The smallest absolute Gasteiger partial charge is 0.156 e. The Bertz CT molecular complexity index is 1110. The maximum atomic E-state index is 14.9. The Morgan fingerprint density at radius 3 is 2.32 bits per heavy atom. The minimum Gasteiger partial charge on any atom is -0.380 e. The summed E-state index contributed by atoms with van der Waals surface area (Å²) >= 11 is 13.2. The zero-order valence-electron chi connectivity index (χ0n) is 14.3. The molecule has 3 nitrogen and oxygen atoms in total. The maximum Gasteiger partial charge on any atom is 0.156 e. The van der Waals surface area contributed by atoms with Crippen molar-refractivity contribution in [2.75, 3.05) is 5.32 Å². The maximum absolute atomic E-state index is 14.9. The monoisotopic (exact) mass is 427 g/mol. The molecule has 0 aliphatic heterocycles. The van der Waals surface area contributed by atoms with E-state index in [9.17, 15) is 14.9 Å². The molecule has 0 amide bonds. The molecule has 0 unspecified atom stereocenters. The van der Waals surface area contributed by atoms with Gasteiger partial charge < -0.3 is 5.32 Å². The second-order valence-electron chi connectivity index (χ2n) is 5.73. The Morgan fingerprint density at radius 1 is 0.929 bits per heavy atom. The molecule has 7 heteroatoms. The highest BCUT2D eigenvalue weighted by Gasteiger charge is 2.20. The molecule has 0 aromatic heterocycles. The van der Waals surface area contributed by atoms with Gasteiger partial charge in [0.1, 0.15) is 17.7 Å². The average molecular weight is 428 g/mol. The van der Waals surface area contributed by atoms with Gasteiger partial charge in [-0.05, 0) is 29.8 Å². The predicted molar refractivity (Wildman–Crippen MR) is 110 cm³/mol. The van der Waals surface area contributed by atoms with Crippen molar-refractivity contribution in [3.63, 3.8) is 0 Å². The number of anilines is 1. The summed E-state index contributed by atoms with van der Waals surface area (Å²) in [4.78, 5) is 0.728. The van der Waals surface area contributed by atoms with Crippen molar-refractivity contribution in [2.45, 2.75) is 16.3 Å². The van der Waals surface area contributed by atoms with Gasteiger partial charge in [0.2, 0.25) is 0 Å². The highest BCUT2D eigenvalue weighted by Crippen LogP contribution is 2.39. The van der Waals surface area contributed by atoms with Crippen LogP contribution in [0.3, 0.4) is 0 Å². The van der Waals surface area contributed by atoms with Crippen molar-refractivity contribution in [3.8, 4) is 12.1 Å². The fraction of sp³-hybridized carbons (Fsp3) is 0.0476. The summed E-state index contributed by atoms with van der Waals surface area (Å²) in [7, 11) is 0. The van der Waals surface area contributed by atoms with Crippen molar-refractivity contribution in [2.24, 2.45) is 0 Å². The largest absolute Gasteiger partial charge is 0.380 e. The quantitative estimate of drug-likeness (QED) is 0.495. The van der Waals surface area contributed by atoms with Crippen LogP contribution in [0.1, 0.15) is 16.7 Å². The number of halogens is 3. The van der Waals surface area contributed by atoms with Gasteiger partial charge in [-0.15, -0.1) is 0 Å². The summed E-state index contributed by atoms with van der Waals surface area (Å²) in [5.41, 5.74) is 1.03. The topological polar surface area (TPSA) is 59.6 Å². The van der Waals surface area contributed by atoms with Crippen molar-refractivity contribution < 1.29 is 4.39 Å². The molecule has 138 valence electrons. The molecule has 3 aromatic carbocycles. The fourth-order valence-electron chi connectivity index (χ4n) is 2.54. The Balaban J connectivity index is 2.02. The van der Waals surface area contributed by atoms with Gasteiger partial charge in [0, 0.05) is 16.5 Å². The Kier molecular flexibility index (Phi) is 6.44. The third kappa shape index (κ3) is 4.40. The van der Waals surface area contributed by atoms with Crippen LogP contribution in [0.4, 0.5) is 10.1 Å². The van der Waals surface area contributed by atoms with E-state index in [1.54, 1.807) is 24.3 Å². The molecule has 0 aliphatic rings. The Labute approximate surface area is 176 Å². The van der Waals surface area contributed by atoms with Crippen molar-refractivity contribution in [1.29, 1.82) is 10.5 Å². The Hall–Kier alpha value is -2.70. The molecule has 0 atom stereocenters. The van der Waals surface area contributed by atoms with Gasteiger partial charge in [0.15, 0.2) is 5.82 Å². The standard InChI is InChI=1S/C21H12Cl2FN3S/c22-14-6-7-17(23)19(8-14)28-20-9-18(15(10-25)16(11-26)21(20)24)27-12-13-4-2-1-3-5-13/h1-9,27H,12H2. The first-order valence-corrected chi connectivity index (χ1v) is 9.68. The number of hydrogen-bond acceptors (Lipinski definition) is 4. The normalized spacial score (nSPS) is 10.2.